The molecule has 0 bridgehead atoms. The Morgan fingerprint density at radius 3 is 3.00 bits per heavy atom. The Hall–Kier alpha value is -2.01. The highest BCUT2D eigenvalue weighted by Crippen LogP contribution is 2.18. The molecule has 18 heavy (non-hydrogen) atoms. The summed E-state index contributed by atoms with van der Waals surface area (Å²) in [5, 5.41) is 4.25. The molecule has 0 fully saturated rings. The van der Waals surface area contributed by atoms with Crippen LogP contribution in [0.4, 0.5) is 0 Å². The van der Waals surface area contributed by atoms with E-state index in [1.807, 2.05) is 30.5 Å². The molecule has 0 spiro atoms. The van der Waals surface area contributed by atoms with Crippen LogP contribution < -0.4 is 15.2 Å². The van der Waals surface area contributed by atoms with Gasteiger partial charge in [-0.25, -0.2) is 4.68 Å². The zero-order chi connectivity index (χ0) is 12.8. The van der Waals surface area contributed by atoms with E-state index in [4.69, 9.17) is 15.2 Å². The molecule has 1 heterocycles. The lowest BCUT2D eigenvalue weighted by atomic mass is 10.3. The van der Waals surface area contributed by atoms with Gasteiger partial charge >= 0.3 is 0 Å². The van der Waals surface area contributed by atoms with Gasteiger partial charge in [-0.05, 0) is 25.1 Å². The molecule has 0 saturated heterocycles. The molecule has 5 nitrogen and oxygen atoms in total. The van der Waals surface area contributed by atoms with Crippen LogP contribution in [0.1, 0.15) is 6.42 Å². The molecular formula is C13H17N3O2. The number of aromatic nitrogens is 2. The quantitative estimate of drug-likeness (QED) is 0.788. The van der Waals surface area contributed by atoms with Crippen molar-refractivity contribution in [3.05, 3.63) is 36.7 Å². The number of hydrogen-bond acceptors (Lipinski definition) is 4. The summed E-state index contributed by atoms with van der Waals surface area (Å²) in [7, 11) is 1.64. The zero-order valence-electron chi connectivity index (χ0n) is 10.4. The summed E-state index contributed by atoms with van der Waals surface area (Å²) >= 11 is 0. The predicted octanol–water partition coefficient (Wildman–Crippen LogP) is 1.61. The Balaban J connectivity index is 2.08. The molecule has 0 atom stereocenters. The third kappa shape index (κ3) is 3.01. The Bertz CT molecular complexity index is 496. The van der Waals surface area contributed by atoms with Crippen molar-refractivity contribution in [2.24, 2.45) is 5.73 Å². The van der Waals surface area contributed by atoms with Gasteiger partial charge in [0.05, 0.1) is 31.8 Å². The molecule has 0 amide bonds. The number of ether oxygens (including phenoxy) is 2. The third-order valence-electron chi connectivity index (χ3n) is 2.49. The normalized spacial score (nSPS) is 10.3. The van der Waals surface area contributed by atoms with E-state index in [0.717, 1.165) is 23.6 Å². The van der Waals surface area contributed by atoms with E-state index in [1.54, 1.807) is 18.0 Å². The zero-order valence-corrected chi connectivity index (χ0v) is 10.4. The number of benzene rings is 1. The Morgan fingerprint density at radius 1 is 1.33 bits per heavy atom. The monoisotopic (exact) mass is 247 g/mol. The number of methoxy groups -OCH3 is 1. The molecule has 0 aliphatic heterocycles. The second-order valence-corrected chi connectivity index (χ2v) is 3.81. The van der Waals surface area contributed by atoms with Crippen molar-refractivity contribution in [1.82, 2.24) is 9.78 Å². The van der Waals surface area contributed by atoms with Crippen LogP contribution in [-0.4, -0.2) is 30.0 Å². The second kappa shape index (κ2) is 6.07. The van der Waals surface area contributed by atoms with Crippen molar-refractivity contribution < 1.29 is 9.47 Å². The molecule has 0 aliphatic rings. The van der Waals surface area contributed by atoms with Crippen LogP contribution in [0.5, 0.6) is 11.5 Å². The standard InChI is InChI=1S/C13H17N3O2/c1-17-12-5-2-4-11(8-12)16-10-13(9-15-16)18-7-3-6-14/h2,4-5,8-10H,3,6-7,14H2,1H3. The lowest BCUT2D eigenvalue weighted by Gasteiger charge is -2.04. The van der Waals surface area contributed by atoms with Gasteiger partial charge in [0.15, 0.2) is 5.75 Å². The van der Waals surface area contributed by atoms with Crippen LogP contribution in [0.25, 0.3) is 5.69 Å². The van der Waals surface area contributed by atoms with Crippen LogP contribution in [-0.2, 0) is 0 Å². The van der Waals surface area contributed by atoms with E-state index < -0.39 is 0 Å². The van der Waals surface area contributed by atoms with E-state index >= 15 is 0 Å². The van der Waals surface area contributed by atoms with Gasteiger partial charge in [-0.3, -0.25) is 0 Å². The van der Waals surface area contributed by atoms with Crippen molar-refractivity contribution >= 4 is 0 Å². The molecule has 2 rings (SSSR count). The summed E-state index contributed by atoms with van der Waals surface area (Å²) in [6.07, 6.45) is 4.37. The molecule has 1 aromatic heterocycles. The summed E-state index contributed by atoms with van der Waals surface area (Å²) in [5.74, 6) is 1.54. The van der Waals surface area contributed by atoms with Gasteiger partial charge in [0.25, 0.3) is 0 Å². The molecule has 0 unspecified atom stereocenters. The van der Waals surface area contributed by atoms with Crippen molar-refractivity contribution in [3.8, 4) is 17.2 Å². The molecule has 0 aliphatic carbocycles. The smallest absolute Gasteiger partial charge is 0.157 e. The van der Waals surface area contributed by atoms with Gasteiger partial charge in [-0.2, -0.15) is 5.10 Å². The van der Waals surface area contributed by atoms with Crippen molar-refractivity contribution in [2.75, 3.05) is 20.3 Å². The minimum atomic E-state index is 0.611. The molecule has 0 saturated carbocycles. The maximum Gasteiger partial charge on any atom is 0.157 e. The largest absolute Gasteiger partial charge is 0.497 e. The van der Waals surface area contributed by atoms with E-state index in [-0.39, 0.29) is 0 Å². The van der Waals surface area contributed by atoms with Crippen LogP contribution in [0.2, 0.25) is 0 Å². The van der Waals surface area contributed by atoms with Gasteiger partial charge in [0.1, 0.15) is 5.75 Å². The first-order chi connectivity index (χ1) is 8.83. The van der Waals surface area contributed by atoms with Crippen LogP contribution >= 0.6 is 0 Å². The summed E-state index contributed by atoms with van der Waals surface area (Å²) in [6.45, 7) is 1.24. The SMILES string of the molecule is COc1cccc(-n2cc(OCCCN)cn2)c1. The average molecular weight is 247 g/mol. The minimum Gasteiger partial charge on any atom is -0.497 e. The Labute approximate surface area is 106 Å². The van der Waals surface area contributed by atoms with Crippen molar-refractivity contribution in [2.45, 2.75) is 6.42 Å². The summed E-state index contributed by atoms with van der Waals surface area (Å²) in [4.78, 5) is 0. The van der Waals surface area contributed by atoms with E-state index in [9.17, 15) is 0 Å². The Kier molecular flexibility index (Phi) is 4.20. The highest BCUT2D eigenvalue weighted by Gasteiger charge is 2.02. The van der Waals surface area contributed by atoms with E-state index in [2.05, 4.69) is 5.10 Å². The molecule has 1 aromatic carbocycles. The third-order valence-corrected chi connectivity index (χ3v) is 2.49. The van der Waals surface area contributed by atoms with Crippen LogP contribution in [0, 0.1) is 0 Å². The number of nitrogens with zero attached hydrogens (tertiary/aromatic N) is 2. The maximum absolute atomic E-state index is 5.51. The van der Waals surface area contributed by atoms with E-state index in [0.29, 0.717) is 13.2 Å². The molecule has 96 valence electrons. The van der Waals surface area contributed by atoms with Crippen LogP contribution in [0.3, 0.4) is 0 Å². The molecule has 2 N–H and O–H groups in total. The first kappa shape index (κ1) is 12.4. The Morgan fingerprint density at radius 2 is 2.22 bits per heavy atom. The number of nitrogens with two attached hydrogens (primary N) is 1. The highest BCUT2D eigenvalue weighted by atomic mass is 16.5. The minimum absolute atomic E-state index is 0.611. The first-order valence-corrected chi connectivity index (χ1v) is 5.85. The lowest BCUT2D eigenvalue weighted by molar-refractivity contribution is 0.313. The molecule has 5 heteroatoms. The fraction of sp³-hybridized carbons (Fsp3) is 0.308. The summed E-state index contributed by atoms with van der Waals surface area (Å²) in [6, 6.07) is 7.69. The number of rotatable bonds is 6. The second-order valence-electron chi connectivity index (χ2n) is 3.81. The van der Waals surface area contributed by atoms with Gasteiger partial charge in [0, 0.05) is 6.07 Å². The fourth-order valence-electron chi connectivity index (χ4n) is 1.55. The van der Waals surface area contributed by atoms with Crippen LogP contribution in [0.15, 0.2) is 36.7 Å². The van der Waals surface area contributed by atoms with Gasteiger partial charge in [-0.1, -0.05) is 6.07 Å². The molecule has 2 aromatic rings. The lowest BCUT2D eigenvalue weighted by Crippen LogP contribution is -2.05. The maximum atomic E-state index is 5.51. The number of hydrogen-bond donors (Lipinski definition) is 1. The topological polar surface area (TPSA) is 62.3 Å². The van der Waals surface area contributed by atoms with Crippen molar-refractivity contribution in [1.29, 1.82) is 0 Å². The van der Waals surface area contributed by atoms with Gasteiger partial charge in [0.2, 0.25) is 0 Å². The molecular weight excluding hydrogens is 230 g/mol. The summed E-state index contributed by atoms with van der Waals surface area (Å²) in [5.41, 5.74) is 6.34. The first-order valence-electron chi connectivity index (χ1n) is 5.85. The average Bonchev–Trinajstić information content (AvgIpc) is 2.88. The molecule has 0 radical (unpaired) electrons. The van der Waals surface area contributed by atoms with Crippen molar-refractivity contribution in [3.63, 3.8) is 0 Å². The van der Waals surface area contributed by atoms with Gasteiger partial charge < -0.3 is 15.2 Å². The van der Waals surface area contributed by atoms with Gasteiger partial charge in [-0.15, -0.1) is 0 Å². The summed E-state index contributed by atoms with van der Waals surface area (Å²) < 4.78 is 12.4. The highest BCUT2D eigenvalue weighted by molar-refractivity contribution is 5.39. The fourth-order valence-corrected chi connectivity index (χ4v) is 1.55. The predicted molar refractivity (Wildman–Crippen MR) is 69.3 cm³/mol. The van der Waals surface area contributed by atoms with E-state index in [1.165, 1.54) is 0 Å².